The summed E-state index contributed by atoms with van der Waals surface area (Å²) in [4.78, 5) is 11.9. The second kappa shape index (κ2) is 5.20. The van der Waals surface area contributed by atoms with Gasteiger partial charge in [-0.05, 0) is 57.8 Å². The summed E-state index contributed by atoms with van der Waals surface area (Å²) in [6.45, 7) is 5.72. The number of fused-ring (bicyclic) bond motifs is 2. The van der Waals surface area contributed by atoms with Gasteiger partial charge >= 0.3 is 5.97 Å². The minimum absolute atomic E-state index is 0.0511. The number of hydrogen-bond acceptors (Lipinski definition) is 3. The van der Waals surface area contributed by atoms with Gasteiger partial charge in [0.1, 0.15) is 5.60 Å². The Kier molecular flexibility index (Phi) is 4.00. The van der Waals surface area contributed by atoms with Gasteiger partial charge < -0.3 is 9.47 Å². The van der Waals surface area contributed by atoms with Gasteiger partial charge in [-0.1, -0.05) is 6.42 Å². The number of methoxy groups -OCH3 is 1. The predicted octanol–water partition coefficient (Wildman–Crippen LogP) is 3.17. The van der Waals surface area contributed by atoms with E-state index in [1.54, 1.807) is 7.11 Å². The third kappa shape index (κ3) is 3.25. The summed E-state index contributed by atoms with van der Waals surface area (Å²) in [5.74, 6) is 2.11. The van der Waals surface area contributed by atoms with E-state index in [9.17, 15) is 4.79 Å². The van der Waals surface area contributed by atoms with Crippen molar-refractivity contribution < 1.29 is 14.3 Å². The lowest BCUT2D eigenvalue weighted by atomic mass is 9.83. The first kappa shape index (κ1) is 13.9. The topological polar surface area (TPSA) is 35.5 Å². The Morgan fingerprint density at radius 1 is 1.28 bits per heavy atom. The highest BCUT2D eigenvalue weighted by atomic mass is 16.6. The molecule has 2 rings (SSSR count). The monoisotopic (exact) mass is 254 g/mol. The highest BCUT2D eigenvalue weighted by Crippen LogP contribution is 2.50. The molecular formula is C15H26O3. The van der Waals surface area contributed by atoms with Crippen LogP contribution in [0.1, 0.15) is 52.9 Å². The number of carbonyl (C=O) groups is 1. The number of carbonyl (C=O) groups excluding carboxylic acids is 1. The van der Waals surface area contributed by atoms with Crippen LogP contribution in [0.5, 0.6) is 0 Å². The van der Waals surface area contributed by atoms with Crippen LogP contribution in [-0.4, -0.2) is 24.8 Å². The maximum absolute atomic E-state index is 11.9. The molecule has 2 aliphatic carbocycles. The van der Waals surface area contributed by atoms with Gasteiger partial charge in [0.05, 0.1) is 12.5 Å². The van der Waals surface area contributed by atoms with E-state index in [0.29, 0.717) is 12.3 Å². The van der Waals surface area contributed by atoms with Crippen molar-refractivity contribution in [2.75, 3.05) is 7.11 Å². The molecule has 2 bridgehead atoms. The van der Waals surface area contributed by atoms with E-state index in [1.807, 2.05) is 20.8 Å². The minimum atomic E-state index is -0.399. The quantitative estimate of drug-likeness (QED) is 0.723. The minimum Gasteiger partial charge on any atom is -0.460 e. The first-order valence-electron chi connectivity index (χ1n) is 7.13. The Morgan fingerprint density at radius 2 is 2.00 bits per heavy atom. The highest BCUT2D eigenvalue weighted by Gasteiger charge is 2.44. The molecule has 0 aliphatic heterocycles. The van der Waals surface area contributed by atoms with Gasteiger partial charge in [0.2, 0.25) is 0 Å². The molecule has 18 heavy (non-hydrogen) atoms. The van der Waals surface area contributed by atoms with Gasteiger partial charge in [-0.3, -0.25) is 4.79 Å². The maximum atomic E-state index is 11.9. The Hall–Kier alpha value is -0.570. The van der Waals surface area contributed by atoms with Gasteiger partial charge in [0.25, 0.3) is 0 Å². The molecule has 0 aromatic rings. The third-order valence-electron chi connectivity index (χ3n) is 4.36. The van der Waals surface area contributed by atoms with Crippen LogP contribution in [0.3, 0.4) is 0 Å². The molecule has 0 aromatic heterocycles. The van der Waals surface area contributed by atoms with Gasteiger partial charge in [-0.15, -0.1) is 0 Å². The zero-order valence-corrected chi connectivity index (χ0v) is 12.1. The van der Waals surface area contributed by atoms with Crippen LogP contribution in [0.15, 0.2) is 0 Å². The molecule has 0 radical (unpaired) electrons. The summed E-state index contributed by atoms with van der Waals surface area (Å²) < 4.78 is 11.0. The van der Waals surface area contributed by atoms with Crippen LogP contribution in [-0.2, 0) is 14.3 Å². The molecule has 0 spiro atoms. The first-order valence-corrected chi connectivity index (χ1v) is 7.13. The van der Waals surface area contributed by atoms with Crippen molar-refractivity contribution in [3.8, 4) is 0 Å². The Morgan fingerprint density at radius 3 is 2.44 bits per heavy atom. The fourth-order valence-corrected chi connectivity index (χ4v) is 3.71. The van der Waals surface area contributed by atoms with Crippen molar-refractivity contribution in [1.82, 2.24) is 0 Å². The lowest BCUT2D eigenvalue weighted by molar-refractivity contribution is -0.159. The van der Waals surface area contributed by atoms with Crippen LogP contribution >= 0.6 is 0 Å². The van der Waals surface area contributed by atoms with E-state index in [0.717, 1.165) is 11.8 Å². The molecule has 0 amide bonds. The smallest absolute Gasteiger partial charge is 0.308 e. The van der Waals surface area contributed by atoms with Crippen LogP contribution < -0.4 is 0 Å². The lowest BCUT2D eigenvalue weighted by Gasteiger charge is -2.30. The molecule has 2 saturated carbocycles. The van der Waals surface area contributed by atoms with Gasteiger partial charge in [0.15, 0.2) is 0 Å². The van der Waals surface area contributed by atoms with E-state index < -0.39 is 5.60 Å². The van der Waals surface area contributed by atoms with E-state index >= 15 is 0 Å². The van der Waals surface area contributed by atoms with Crippen LogP contribution in [0.2, 0.25) is 0 Å². The molecule has 104 valence electrons. The normalized spacial score (nSPS) is 32.6. The number of esters is 1. The summed E-state index contributed by atoms with van der Waals surface area (Å²) in [5.41, 5.74) is -0.399. The lowest BCUT2D eigenvalue weighted by Crippen LogP contribution is -2.33. The Balaban J connectivity index is 1.88. The predicted molar refractivity (Wildman–Crippen MR) is 70.2 cm³/mol. The van der Waals surface area contributed by atoms with Gasteiger partial charge in [-0.25, -0.2) is 0 Å². The first-order chi connectivity index (χ1) is 8.39. The van der Waals surface area contributed by atoms with E-state index in [1.165, 1.54) is 25.7 Å². The number of hydrogen-bond donors (Lipinski definition) is 0. The third-order valence-corrected chi connectivity index (χ3v) is 4.36. The maximum Gasteiger partial charge on any atom is 0.308 e. The summed E-state index contributed by atoms with van der Waals surface area (Å²) in [5, 5.41) is 0. The molecule has 0 heterocycles. The molecular weight excluding hydrogens is 228 g/mol. The van der Waals surface area contributed by atoms with Crippen LogP contribution in [0.25, 0.3) is 0 Å². The molecule has 0 saturated heterocycles. The molecule has 2 aliphatic rings. The number of ether oxygens (including phenoxy) is 2. The average Bonchev–Trinajstić information content (AvgIpc) is 2.84. The molecule has 3 heteroatoms. The van der Waals surface area contributed by atoms with E-state index in [-0.39, 0.29) is 12.1 Å². The van der Waals surface area contributed by atoms with Gasteiger partial charge in [0, 0.05) is 7.11 Å². The molecule has 2 fully saturated rings. The zero-order chi connectivity index (χ0) is 13.3. The summed E-state index contributed by atoms with van der Waals surface area (Å²) in [6.07, 6.45) is 5.75. The van der Waals surface area contributed by atoms with Crippen molar-refractivity contribution in [2.45, 2.75) is 64.6 Å². The average molecular weight is 254 g/mol. The van der Waals surface area contributed by atoms with Crippen molar-refractivity contribution in [2.24, 2.45) is 17.8 Å². The van der Waals surface area contributed by atoms with Crippen molar-refractivity contribution in [3.63, 3.8) is 0 Å². The highest BCUT2D eigenvalue weighted by molar-refractivity contribution is 5.70. The summed E-state index contributed by atoms with van der Waals surface area (Å²) in [6, 6.07) is 0. The Bertz CT molecular complexity index is 305. The van der Waals surface area contributed by atoms with Crippen LogP contribution in [0.4, 0.5) is 0 Å². The van der Waals surface area contributed by atoms with E-state index in [4.69, 9.17) is 9.47 Å². The molecule has 0 aromatic carbocycles. The molecule has 4 atom stereocenters. The standard InChI is InChI=1S/C15H26O3/c1-15(2,3)18-14(16)9-13(17-4)12-8-10-5-6-11(12)7-10/h10-13H,5-9H2,1-4H3. The SMILES string of the molecule is COC(CC(=O)OC(C)(C)C)C1CC2CCC1C2. The fraction of sp³-hybridized carbons (Fsp3) is 0.933. The van der Waals surface area contributed by atoms with Crippen molar-refractivity contribution in [3.05, 3.63) is 0 Å². The largest absolute Gasteiger partial charge is 0.460 e. The van der Waals surface area contributed by atoms with Crippen molar-refractivity contribution in [1.29, 1.82) is 0 Å². The molecule has 4 unspecified atom stereocenters. The summed E-state index contributed by atoms with van der Waals surface area (Å²) in [7, 11) is 1.72. The fourth-order valence-electron chi connectivity index (χ4n) is 3.71. The second-order valence-corrected chi connectivity index (χ2v) is 6.90. The Labute approximate surface area is 110 Å². The number of rotatable bonds is 4. The zero-order valence-electron chi connectivity index (χ0n) is 12.1. The van der Waals surface area contributed by atoms with E-state index in [2.05, 4.69) is 0 Å². The van der Waals surface area contributed by atoms with Crippen molar-refractivity contribution >= 4 is 5.97 Å². The van der Waals surface area contributed by atoms with Crippen LogP contribution in [0, 0.1) is 17.8 Å². The molecule has 3 nitrogen and oxygen atoms in total. The summed E-state index contributed by atoms with van der Waals surface area (Å²) >= 11 is 0. The second-order valence-electron chi connectivity index (χ2n) is 6.90. The van der Waals surface area contributed by atoms with Gasteiger partial charge in [-0.2, -0.15) is 0 Å². The molecule has 0 N–H and O–H groups in total.